The summed E-state index contributed by atoms with van der Waals surface area (Å²) >= 11 is 0. The maximum atomic E-state index is 11.5. The summed E-state index contributed by atoms with van der Waals surface area (Å²) < 4.78 is 0. The zero-order valence-corrected chi connectivity index (χ0v) is 10.3. The van der Waals surface area contributed by atoms with E-state index in [1.807, 2.05) is 72.5 Å². The Hall–Kier alpha value is -2.29. The van der Waals surface area contributed by atoms with E-state index in [9.17, 15) is 4.79 Å². The van der Waals surface area contributed by atoms with Crippen molar-refractivity contribution in [3.8, 4) is 0 Å². The highest BCUT2D eigenvalue weighted by molar-refractivity contribution is 5.86. The molecule has 3 nitrogen and oxygen atoms in total. The van der Waals surface area contributed by atoms with Gasteiger partial charge in [-0.3, -0.25) is 4.79 Å². The highest BCUT2D eigenvalue weighted by atomic mass is 16.1. The van der Waals surface area contributed by atoms with Crippen molar-refractivity contribution >= 4 is 17.3 Å². The first-order valence-corrected chi connectivity index (χ1v) is 5.89. The van der Waals surface area contributed by atoms with Crippen molar-refractivity contribution in [3.63, 3.8) is 0 Å². The molecular formula is C15H16N2O. The highest BCUT2D eigenvalue weighted by Crippen LogP contribution is 2.27. The second-order valence-corrected chi connectivity index (χ2v) is 4.12. The Balaban J connectivity index is 2.45. The van der Waals surface area contributed by atoms with Crippen molar-refractivity contribution in [2.75, 3.05) is 4.90 Å². The largest absolute Gasteiger partial charge is 0.368 e. The lowest BCUT2D eigenvalue weighted by Gasteiger charge is -2.29. The van der Waals surface area contributed by atoms with Gasteiger partial charge in [0.1, 0.15) is 6.04 Å². The normalized spacial score (nSPS) is 11.8. The van der Waals surface area contributed by atoms with Crippen LogP contribution in [-0.2, 0) is 4.79 Å². The molecule has 0 saturated carbocycles. The van der Waals surface area contributed by atoms with Gasteiger partial charge in [0.15, 0.2) is 0 Å². The summed E-state index contributed by atoms with van der Waals surface area (Å²) in [5.41, 5.74) is 7.34. The van der Waals surface area contributed by atoms with Crippen LogP contribution in [-0.4, -0.2) is 11.9 Å². The molecule has 1 amide bonds. The van der Waals surface area contributed by atoms with Crippen LogP contribution in [0.4, 0.5) is 11.4 Å². The Bertz CT molecular complexity index is 471. The summed E-state index contributed by atoms with van der Waals surface area (Å²) in [4.78, 5) is 13.4. The van der Waals surface area contributed by atoms with E-state index in [4.69, 9.17) is 5.73 Å². The van der Waals surface area contributed by atoms with Gasteiger partial charge in [-0.05, 0) is 31.2 Å². The lowest BCUT2D eigenvalue weighted by atomic mass is 10.1. The Kier molecular flexibility index (Phi) is 3.63. The second kappa shape index (κ2) is 5.36. The van der Waals surface area contributed by atoms with Crippen LogP contribution < -0.4 is 10.6 Å². The van der Waals surface area contributed by atoms with Gasteiger partial charge in [0.05, 0.1) is 0 Å². The van der Waals surface area contributed by atoms with Crippen molar-refractivity contribution in [1.82, 2.24) is 0 Å². The molecule has 0 saturated heterocycles. The summed E-state index contributed by atoms with van der Waals surface area (Å²) in [6, 6.07) is 19.1. The van der Waals surface area contributed by atoms with Crippen LogP contribution in [0.15, 0.2) is 60.7 Å². The van der Waals surface area contributed by atoms with Crippen LogP contribution >= 0.6 is 0 Å². The first-order valence-electron chi connectivity index (χ1n) is 5.89. The predicted molar refractivity (Wildman–Crippen MR) is 73.7 cm³/mol. The Morgan fingerprint density at radius 3 is 1.67 bits per heavy atom. The number of nitrogens with two attached hydrogens (primary N) is 1. The van der Waals surface area contributed by atoms with Gasteiger partial charge < -0.3 is 10.6 Å². The van der Waals surface area contributed by atoms with Gasteiger partial charge in [-0.25, -0.2) is 0 Å². The van der Waals surface area contributed by atoms with E-state index < -0.39 is 6.04 Å². The van der Waals surface area contributed by atoms with Crippen LogP contribution in [0, 0.1) is 0 Å². The zero-order chi connectivity index (χ0) is 13.0. The molecule has 3 heteroatoms. The number of primary amides is 1. The molecule has 18 heavy (non-hydrogen) atoms. The number of nitrogens with zero attached hydrogens (tertiary/aromatic N) is 1. The molecule has 1 atom stereocenters. The third kappa shape index (κ3) is 2.51. The van der Waals surface area contributed by atoms with E-state index in [2.05, 4.69) is 0 Å². The molecule has 0 aliphatic rings. The Labute approximate surface area is 107 Å². The van der Waals surface area contributed by atoms with Crippen LogP contribution in [0.2, 0.25) is 0 Å². The van der Waals surface area contributed by atoms with Crippen LogP contribution in [0.25, 0.3) is 0 Å². The van der Waals surface area contributed by atoms with Gasteiger partial charge in [0.25, 0.3) is 0 Å². The SMILES string of the molecule is C[C@@H](C(N)=O)N(c1ccccc1)c1ccccc1. The summed E-state index contributed by atoms with van der Waals surface area (Å²) in [7, 11) is 0. The number of anilines is 2. The van der Waals surface area contributed by atoms with Crippen LogP contribution in [0.5, 0.6) is 0 Å². The van der Waals surface area contributed by atoms with E-state index in [0.29, 0.717) is 0 Å². The molecule has 0 radical (unpaired) electrons. The molecule has 0 aromatic heterocycles. The molecule has 0 heterocycles. The molecule has 2 aromatic rings. The topological polar surface area (TPSA) is 46.3 Å². The average molecular weight is 240 g/mol. The molecule has 92 valence electrons. The molecule has 2 N–H and O–H groups in total. The van der Waals surface area contributed by atoms with Gasteiger partial charge in [0, 0.05) is 11.4 Å². The van der Waals surface area contributed by atoms with Gasteiger partial charge in [-0.15, -0.1) is 0 Å². The monoisotopic (exact) mass is 240 g/mol. The number of hydrogen-bond acceptors (Lipinski definition) is 2. The molecule has 0 unspecified atom stereocenters. The summed E-state index contributed by atoms with van der Waals surface area (Å²) in [5.74, 6) is -0.345. The van der Waals surface area contributed by atoms with Gasteiger partial charge in [0.2, 0.25) is 5.91 Å². The number of rotatable bonds is 4. The van der Waals surface area contributed by atoms with E-state index in [1.165, 1.54) is 0 Å². The van der Waals surface area contributed by atoms with Crippen LogP contribution in [0.3, 0.4) is 0 Å². The van der Waals surface area contributed by atoms with E-state index in [-0.39, 0.29) is 5.91 Å². The minimum Gasteiger partial charge on any atom is -0.368 e. The average Bonchev–Trinajstić information content (AvgIpc) is 2.41. The van der Waals surface area contributed by atoms with Crippen molar-refractivity contribution in [2.24, 2.45) is 5.73 Å². The molecule has 0 aliphatic heterocycles. The van der Waals surface area contributed by atoms with Gasteiger partial charge in [-0.2, -0.15) is 0 Å². The predicted octanol–water partition coefficient (Wildman–Crippen LogP) is 2.70. The number of para-hydroxylation sites is 2. The van der Waals surface area contributed by atoms with Crippen molar-refractivity contribution in [1.29, 1.82) is 0 Å². The summed E-state index contributed by atoms with van der Waals surface area (Å²) in [6.45, 7) is 1.81. The molecule has 0 fully saturated rings. The van der Waals surface area contributed by atoms with Crippen LogP contribution in [0.1, 0.15) is 6.92 Å². The minimum absolute atomic E-state index is 0.345. The quantitative estimate of drug-likeness (QED) is 0.893. The maximum absolute atomic E-state index is 11.5. The number of amides is 1. The second-order valence-electron chi connectivity index (χ2n) is 4.12. The first kappa shape index (κ1) is 12.2. The van der Waals surface area contributed by atoms with Crippen molar-refractivity contribution in [2.45, 2.75) is 13.0 Å². The van der Waals surface area contributed by atoms with Gasteiger partial charge >= 0.3 is 0 Å². The highest BCUT2D eigenvalue weighted by Gasteiger charge is 2.20. The van der Waals surface area contributed by atoms with E-state index >= 15 is 0 Å². The minimum atomic E-state index is -0.394. The van der Waals surface area contributed by atoms with E-state index in [0.717, 1.165) is 11.4 Å². The molecule has 0 bridgehead atoms. The first-order chi connectivity index (χ1) is 8.70. The van der Waals surface area contributed by atoms with Gasteiger partial charge in [-0.1, -0.05) is 36.4 Å². The summed E-state index contributed by atoms with van der Waals surface area (Å²) in [6.07, 6.45) is 0. The van der Waals surface area contributed by atoms with Crippen molar-refractivity contribution < 1.29 is 4.79 Å². The number of benzene rings is 2. The smallest absolute Gasteiger partial charge is 0.240 e. The molecule has 0 spiro atoms. The molecule has 0 aliphatic carbocycles. The zero-order valence-electron chi connectivity index (χ0n) is 10.3. The molecule has 2 aromatic carbocycles. The number of hydrogen-bond donors (Lipinski definition) is 1. The Morgan fingerprint density at radius 2 is 1.33 bits per heavy atom. The third-order valence-corrected chi connectivity index (χ3v) is 2.87. The molecular weight excluding hydrogens is 224 g/mol. The fourth-order valence-corrected chi connectivity index (χ4v) is 1.90. The molecule has 2 rings (SSSR count). The standard InChI is InChI=1S/C15H16N2O/c1-12(15(16)18)17(13-8-4-2-5-9-13)14-10-6-3-7-11-14/h2-12H,1H3,(H2,16,18)/t12-/m0/s1. The van der Waals surface area contributed by atoms with E-state index in [1.54, 1.807) is 0 Å². The number of carbonyl (C=O) groups excluding carboxylic acids is 1. The lowest BCUT2D eigenvalue weighted by Crippen LogP contribution is -2.39. The van der Waals surface area contributed by atoms with Crippen molar-refractivity contribution in [3.05, 3.63) is 60.7 Å². The lowest BCUT2D eigenvalue weighted by molar-refractivity contribution is -0.118. The fraction of sp³-hybridized carbons (Fsp3) is 0.133. The summed E-state index contributed by atoms with van der Waals surface area (Å²) in [5, 5.41) is 0. The Morgan fingerprint density at radius 1 is 0.944 bits per heavy atom. The maximum Gasteiger partial charge on any atom is 0.240 e. The number of carbonyl (C=O) groups is 1. The fourth-order valence-electron chi connectivity index (χ4n) is 1.90. The third-order valence-electron chi connectivity index (χ3n) is 2.87.